The third-order valence-corrected chi connectivity index (χ3v) is 6.73. The lowest BCUT2D eigenvalue weighted by Crippen LogP contribution is -2.49. The predicted molar refractivity (Wildman–Crippen MR) is 89.5 cm³/mol. The molecular formula is C16H25N3O4S. The van der Waals surface area contributed by atoms with Gasteiger partial charge in [0.2, 0.25) is 0 Å². The number of ether oxygens (including phenoxy) is 2. The molecule has 0 amide bonds. The summed E-state index contributed by atoms with van der Waals surface area (Å²) in [5.74, 6) is 0. The number of piperidine rings is 1. The average molecular weight is 355 g/mol. The molecule has 24 heavy (non-hydrogen) atoms. The summed E-state index contributed by atoms with van der Waals surface area (Å²) in [4.78, 5) is 4.25. The summed E-state index contributed by atoms with van der Waals surface area (Å²) in [6, 6.07) is 5.77. The van der Waals surface area contributed by atoms with Crippen LogP contribution >= 0.6 is 0 Å². The minimum atomic E-state index is -3.33. The van der Waals surface area contributed by atoms with Gasteiger partial charge in [0.05, 0.1) is 30.6 Å². The van der Waals surface area contributed by atoms with Crippen LogP contribution in [-0.2, 0) is 26.3 Å². The van der Waals surface area contributed by atoms with Gasteiger partial charge in [-0.25, -0.2) is 0 Å². The van der Waals surface area contributed by atoms with Crippen LogP contribution in [0.25, 0.3) is 0 Å². The van der Waals surface area contributed by atoms with E-state index >= 15 is 0 Å². The maximum absolute atomic E-state index is 12.2. The van der Waals surface area contributed by atoms with Crippen LogP contribution in [0.15, 0.2) is 24.4 Å². The molecule has 134 valence electrons. The Morgan fingerprint density at radius 2 is 2.12 bits per heavy atom. The molecule has 7 nitrogen and oxygen atoms in total. The summed E-state index contributed by atoms with van der Waals surface area (Å²) in [5, 5.41) is 0. The number of rotatable bonds is 5. The van der Waals surface area contributed by atoms with Crippen LogP contribution in [0.5, 0.6) is 0 Å². The first-order valence-electron chi connectivity index (χ1n) is 8.24. The molecule has 0 saturated carbocycles. The van der Waals surface area contributed by atoms with Crippen molar-refractivity contribution < 1.29 is 17.9 Å². The Morgan fingerprint density at radius 3 is 2.75 bits per heavy atom. The van der Waals surface area contributed by atoms with Gasteiger partial charge in [0.25, 0.3) is 10.2 Å². The highest BCUT2D eigenvalue weighted by atomic mass is 32.2. The van der Waals surface area contributed by atoms with Crippen molar-refractivity contribution in [3.8, 4) is 0 Å². The highest BCUT2D eigenvalue weighted by Gasteiger charge is 2.45. The van der Waals surface area contributed by atoms with E-state index in [1.807, 2.05) is 18.2 Å². The zero-order valence-electron chi connectivity index (χ0n) is 14.2. The summed E-state index contributed by atoms with van der Waals surface area (Å²) in [6.07, 6.45) is 4.04. The quantitative estimate of drug-likeness (QED) is 0.789. The van der Waals surface area contributed by atoms with Gasteiger partial charge in [0, 0.05) is 39.8 Å². The second-order valence-electron chi connectivity index (χ2n) is 6.64. The Balaban J connectivity index is 1.51. The minimum absolute atomic E-state index is 0.0454. The normalized spacial score (nSPS) is 24.7. The van der Waals surface area contributed by atoms with Crippen molar-refractivity contribution in [2.24, 2.45) is 0 Å². The topological polar surface area (TPSA) is 72.0 Å². The SMILES string of the molecule is CN(C)S(=O)(=O)N1CCC2(CC1)C[C@H](OCc1ccccn1)CO2. The molecular weight excluding hydrogens is 330 g/mol. The van der Waals surface area contributed by atoms with Crippen molar-refractivity contribution in [3.05, 3.63) is 30.1 Å². The molecule has 1 aromatic rings. The molecule has 1 atom stereocenters. The first-order valence-corrected chi connectivity index (χ1v) is 9.64. The van der Waals surface area contributed by atoms with Crippen molar-refractivity contribution in [2.75, 3.05) is 33.8 Å². The Morgan fingerprint density at radius 1 is 1.38 bits per heavy atom. The van der Waals surface area contributed by atoms with Crippen LogP contribution in [0.1, 0.15) is 25.0 Å². The van der Waals surface area contributed by atoms with E-state index in [2.05, 4.69) is 4.98 Å². The number of aromatic nitrogens is 1. The highest BCUT2D eigenvalue weighted by Crippen LogP contribution is 2.37. The average Bonchev–Trinajstić information content (AvgIpc) is 2.97. The maximum atomic E-state index is 12.2. The van der Waals surface area contributed by atoms with Gasteiger partial charge in [-0.3, -0.25) is 4.98 Å². The third-order valence-electron chi connectivity index (χ3n) is 4.79. The maximum Gasteiger partial charge on any atom is 0.281 e. The van der Waals surface area contributed by atoms with Gasteiger partial charge in [-0.2, -0.15) is 17.0 Å². The zero-order chi connectivity index (χ0) is 17.2. The first kappa shape index (κ1) is 17.8. The van der Waals surface area contributed by atoms with Crippen LogP contribution in [0.3, 0.4) is 0 Å². The van der Waals surface area contributed by atoms with Gasteiger partial charge in [-0.1, -0.05) is 6.07 Å². The standard InChI is InChI=1S/C16H25N3O4S/c1-18(2)24(20,21)19-9-6-16(7-10-19)11-15(13-23-16)22-12-14-5-3-4-8-17-14/h3-5,8,15H,6-7,9-13H2,1-2H3/t15-/m0/s1. The Labute approximate surface area is 143 Å². The van der Waals surface area contributed by atoms with Gasteiger partial charge >= 0.3 is 0 Å². The predicted octanol–water partition coefficient (Wildman–Crippen LogP) is 1.03. The Hall–Kier alpha value is -1.06. The molecule has 2 aliphatic heterocycles. The molecule has 3 rings (SSSR count). The zero-order valence-corrected chi connectivity index (χ0v) is 15.0. The number of nitrogens with zero attached hydrogens (tertiary/aromatic N) is 3. The fourth-order valence-electron chi connectivity index (χ4n) is 3.30. The lowest BCUT2D eigenvalue weighted by Gasteiger charge is -2.38. The number of hydrogen-bond acceptors (Lipinski definition) is 5. The molecule has 2 saturated heterocycles. The molecule has 8 heteroatoms. The van der Waals surface area contributed by atoms with E-state index in [-0.39, 0.29) is 11.7 Å². The summed E-state index contributed by atoms with van der Waals surface area (Å²) in [7, 11) is -0.209. The van der Waals surface area contributed by atoms with E-state index in [1.165, 1.54) is 8.61 Å². The summed E-state index contributed by atoms with van der Waals surface area (Å²) >= 11 is 0. The lowest BCUT2D eigenvalue weighted by atomic mass is 9.89. The van der Waals surface area contributed by atoms with Gasteiger partial charge in [-0.05, 0) is 25.0 Å². The van der Waals surface area contributed by atoms with Crippen LogP contribution in [0.2, 0.25) is 0 Å². The monoisotopic (exact) mass is 355 g/mol. The molecule has 3 heterocycles. The fraction of sp³-hybridized carbons (Fsp3) is 0.688. The van der Waals surface area contributed by atoms with Crippen molar-refractivity contribution in [2.45, 2.75) is 37.6 Å². The molecule has 2 fully saturated rings. The van der Waals surface area contributed by atoms with Gasteiger partial charge < -0.3 is 9.47 Å². The second kappa shape index (κ2) is 7.05. The van der Waals surface area contributed by atoms with Gasteiger partial charge in [0.1, 0.15) is 0 Å². The smallest absolute Gasteiger partial charge is 0.281 e. The largest absolute Gasteiger partial charge is 0.372 e. The van der Waals surface area contributed by atoms with Gasteiger partial charge in [0.15, 0.2) is 0 Å². The number of hydrogen-bond donors (Lipinski definition) is 0. The summed E-state index contributed by atoms with van der Waals surface area (Å²) in [6.45, 7) is 2.03. The lowest BCUT2D eigenvalue weighted by molar-refractivity contribution is -0.0348. The molecule has 0 unspecified atom stereocenters. The van der Waals surface area contributed by atoms with E-state index in [4.69, 9.17) is 9.47 Å². The summed E-state index contributed by atoms with van der Waals surface area (Å²) < 4.78 is 39.1. The Bertz CT molecular complexity index is 643. The second-order valence-corrected chi connectivity index (χ2v) is 8.78. The van der Waals surface area contributed by atoms with Crippen LogP contribution < -0.4 is 0 Å². The molecule has 0 radical (unpaired) electrons. The van der Waals surface area contributed by atoms with Crippen molar-refractivity contribution >= 4 is 10.2 Å². The molecule has 0 bridgehead atoms. The fourth-order valence-corrected chi connectivity index (χ4v) is 4.41. The van der Waals surface area contributed by atoms with Crippen LogP contribution in [-0.4, -0.2) is 67.5 Å². The highest BCUT2D eigenvalue weighted by molar-refractivity contribution is 7.86. The molecule has 2 aliphatic rings. The van der Waals surface area contributed by atoms with E-state index in [9.17, 15) is 8.42 Å². The molecule has 0 N–H and O–H groups in total. The van der Waals surface area contributed by atoms with E-state index < -0.39 is 10.2 Å². The number of pyridine rings is 1. The van der Waals surface area contributed by atoms with Crippen LogP contribution in [0, 0.1) is 0 Å². The minimum Gasteiger partial charge on any atom is -0.372 e. The molecule has 1 aromatic heterocycles. The van der Waals surface area contributed by atoms with Crippen LogP contribution in [0.4, 0.5) is 0 Å². The third kappa shape index (κ3) is 3.78. The first-order chi connectivity index (χ1) is 11.4. The van der Waals surface area contributed by atoms with E-state index in [0.717, 1.165) is 12.1 Å². The van der Waals surface area contributed by atoms with Gasteiger partial charge in [-0.15, -0.1) is 0 Å². The van der Waals surface area contributed by atoms with Crippen molar-refractivity contribution in [3.63, 3.8) is 0 Å². The van der Waals surface area contributed by atoms with E-state index in [0.29, 0.717) is 39.1 Å². The van der Waals surface area contributed by atoms with Crippen molar-refractivity contribution in [1.82, 2.24) is 13.6 Å². The van der Waals surface area contributed by atoms with E-state index in [1.54, 1.807) is 20.3 Å². The Kier molecular flexibility index (Phi) is 5.22. The summed E-state index contributed by atoms with van der Waals surface area (Å²) in [5.41, 5.74) is 0.665. The molecule has 0 aromatic carbocycles. The molecule has 1 spiro atoms. The van der Waals surface area contributed by atoms with Crippen molar-refractivity contribution in [1.29, 1.82) is 0 Å². The molecule has 0 aliphatic carbocycles.